The second-order valence-corrected chi connectivity index (χ2v) is 23.2. The minimum Gasteiger partial charge on any atom is -0.0622 e. The molecule has 18 aromatic rings. The fourth-order valence-electron chi connectivity index (χ4n) is 16.0. The lowest BCUT2D eigenvalue weighted by molar-refractivity contribution is 1.47. The van der Waals surface area contributed by atoms with Crippen molar-refractivity contribution in [2.24, 2.45) is 0 Å². The molecule has 0 amide bonds. The van der Waals surface area contributed by atoms with Gasteiger partial charge in [-0.1, -0.05) is 243 Å². The van der Waals surface area contributed by atoms with Crippen molar-refractivity contribution in [3.8, 4) is 77.9 Å². The average Bonchev–Trinajstić information content (AvgIpc) is 2.57. The van der Waals surface area contributed by atoms with Crippen LogP contribution in [0.5, 0.6) is 0 Å². The van der Waals surface area contributed by atoms with E-state index in [2.05, 4.69) is 269 Å². The fourth-order valence-corrected chi connectivity index (χ4v) is 16.0. The van der Waals surface area contributed by atoms with Crippen molar-refractivity contribution < 1.29 is 0 Å². The Labute approximate surface area is 473 Å². The van der Waals surface area contributed by atoms with E-state index in [1.807, 2.05) is 0 Å². The third-order valence-electron chi connectivity index (χ3n) is 19.3. The summed E-state index contributed by atoms with van der Waals surface area (Å²) in [6, 6.07) is 97.2. The first-order chi connectivity index (χ1) is 40.6. The highest BCUT2D eigenvalue weighted by Crippen LogP contribution is 2.62. The molecule has 18 aromatic carbocycles. The molecule has 0 heteroatoms. The van der Waals surface area contributed by atoms with Gasteiger partial charge in [-0.3, -0.25) is 0 Å². The topological polar surface area (TPSA) is 0 Å². The molecule has 0 fully saturated rings. The molecule has 1 aliphatic rings. The molecule has 0 aromatic heterocycles. The Morgan fingerprint density at radius 3 is 1.11 bits per heavy atom. The molecule has 0 spiro atoms. The van der Waals surface area contributed by atoms with E-state index in [4.69, 9.17) is 0 Å². The Kier molecular flexibility index (Phi) is 8.75. The Balaban J connectivity index is 0.971. The molecule has 1 aliphatic carbocycles. The van der Waals surface area contributed by atoms with Crippen LogP contribution in [0.2, 0.25) is 0 Å². The molecule has 376 valence electrons. The summed E-state index contributed by atoms with van der Waals surface area (Å²) in [5, 5.41) is 29.0. The Morgan fingerprint density at radius 1 is 0.171 bits per heavy atom. The zero-order valence-electron chi connectivity index (χ0n) is 45.2. The van der Waals surface area contributed by atoms with Crippen LogP contribution in [-0.2, 0) is 0 Å². The van der Waals surface area contributed by atoms with Crippen LogP contribution in [0.1, 0.15) is 11.1 Å². The molecule has 0 radical (unpaired) electrons. The van der Waals surface area contributed by atoms with Gasteiger partial charge >= 0.3 is 0 Å². The molecule has 19 rings (SSSR count). The number of rotatable bonds is 5. The van der Waals surface area contributed by atoms with Crippen molar-refractivity contribution in [2.45, 2.75) is 13.8 Å². The zero-order chi connectivity index (χ0) is 53.6. The van der Waals surface area contributed by atoms with Gasteiger partial charge in [-0.05, 0) is 233 Å². The molecular weight excluding hydrogens is 985 g/mol. The summed E-state index contributed by atoms with van der Waals surface area (Å²) in [4.78, 5) is 0. The lowest BCUT2D eigenvalue weighted by atomic mass is 9.81. The molecule has 0 N–H and O–H groups in total. The fraction of sp³-hybridized carbons (Fsp3) is 0.0244. The van der Waals surface area contributed by atoms with Crippen LogP contribution in [0.4, 0.5) is 0 Å². The van der Waals surface area contributed by atoms with Gasteiger partial charge in [0.1, 0.15) is 0 Å². The van der Waals surface area contributed by atoms with E-state index >= 15 is 0 Å². The van der Waals surface area contributed by atoms with Crippen molar-refractivity contribution in [2.75, 3.05) is 0 Å². The SMILES string of the molecule is Cc1ccccc1-c1c2cc3c(cc2c(-c2ccccc2C)c2c4ccc5c6ccc7c8c(ccc(c9ccc(c12)c4c95)c86)-c1c-7c(-c2ccccc2-c2ccccc2)c2ccccc2c1-c1ccccc1)c1cccc2cccc3c21. The van der Waals surface area contributed by atoms with Crippen LogP contribution in [0, 0.1) is 13.8 Å². The average molecular weight is 1030 g/mol. The predicted molar refractivity (Wildman–Crippen MR) is 354 cm³/mol. The third kappa shape index (κ3) is 5.61. The van der Waals surface area contributed by atoms with E-state index in [1.54, 1.807) is 0 Å². The first-order valence-corrected chi connectivity index (χ1v) is 28.9. The van der Waals surface area contributed by atoms with Gasteiger partial charge in [0.2, 0.25) is 0 Å². The summed E-state index contributed by atoms with van der Waals surface area (Å²) in [5.41, 5.74) is 20.6. The maximum atomic E-state index is 2.57. The number of hydrogen-bond acceptors (Lipinski definition) is 0. The second-order valence-electron chi connectivity index (χ2n) is 23.2. The van der Waals surface area contributed by atoms with Gasteiger partial charge in [0.05, 0.1) is 0 Å². The predicted octanol–water partition coefficient (Wildman–Crippen LogP) is 23.3. The van der Waals surface area contributed by atoms with E-state index in [-0.39, 0.29) is 0 Å². The molecule has 0 nitrogen and oxygen atoms in total. The minimum atomic E-state index is 1.22. The molecular formula is C82H48. The van der Waals surface area contributed by atoms with Crippen molar-refractivity contribution in [1.29, 1.82) is 0 Å². The Bertz CT molecular complexity index is 5600. The van der Waals surface area contributed by atoms with Gasteiger partial charge in [0, 0.05) is 0 Å². The first kappa shape index (κ1) is 44.5. The lowest BCUT2D eigenvalue weighted by Gasteiger charge is -2.22. The maximum Gasteiger partial charge on any atom is -0.000718 e. The van der Waals surface area contributed by atoms with Gasteiger partial charge in [-0.25, -0.2) is 0 Å². The summed E-state index contributed by atoms with van der Waals surface area (Å²) in [6.07, 6.45) is 0. The second kappa shape index (κ2) is 16.1. The standard InChI is InChI=1S/C82H48/c1-45-19-9-11-27-50(45)72-68-43-66-56-33-17-25-48-26-18-34-57(70(48)56)67(66)44-69(68)73(51-28-12-10-20-46(51)2)81-64-41-37-61-59-38-42-65-77-62(39-35-58(74(59)77)60-36-40-63(80(72)81)78(64)75(60)61)79-71(49-23-7-4-8-24-49)54-31-15-16-32-55(54)76(82(65)79)53-30-14-13-29-52(53)47-21-5-3-6-22-47/h3-44H,1-2H3. The quantitative estimate of drug-likeness (QED) is 0.119. The van der Waals surface area contributed by atoms with Crippen LogP contribution in [0.3, 0.4) is 0 Å². The lowest BCUT2D eigenvalue weighted by Crippen LogP contribution is -1.95. The van der Waals surface area contributed by atoms with E-state index in [1.165, 1.54) is 208 Å². The molecule has 82 heavy (non-hydrogen) atoms. The summed E-state index contributed by atoms with van der Waals surface area (Å²) in [6.45, 7) is 4.59. The monoisotopic (exact) mass is 1030 g/mol. The maximum absolute atomic E-state index is 2.57. The molecule has 0 saturated heterocycles. The largest absolute Gasteiger partial charge is 0.0622 e. The normalized spacial score (nSPS) is 12.5. The van der Waals surface area contributed by atoms with Crippen molar-refractivity contribution in [3.63, 3.8) is 0 Å². The van der Waals surface area contributed by atoms with Crippen molar-refractivity contribution in [1.82, 2.24) is 0 Å². The van der Waals surface area contributed by atoms with Crippen LogP contribution in [0.25, 0.3) is 196 Å². The summed E-state index contributed by atoms with van der Waals surface area (Å²) < 4.78 is 0. The summed E-state index contributed by atoms with van der Waals surface area (Å²) in [7, 11) is 0. The Hall–Kier alpha value is -10.4. The summed E-state index contributed by atoms with van der Waals surface area (Å²) in [5.74, 6) is 0. The van der Waals surface area contributed by atoms with Gasteiger partial charge < -0.3 is 0 Å². The summed E-state index contributed by atoms with van der Waals surface area (Å²) >= 11 is 0. The highest BCUT2D eigenvalue weighted by atomic mass is 14.4. The first-order valence-electron chi connectivity index (χ1n) is 28.9. The number of hydrogen-bond donors (Lipinski definition) is 0. The van der Waals surface area contributed by atoms with E-state index in [0.29, 0.717) is 0 Å². The molecule has 0 saturated carbocycles. The van der Waals surface area contributed by atoms with Gasteiger partial charge in [0.15, 0.2) is 0 Å². The molecule has 0 unspecified atom stereocenters. The zero-order valence-corrected chi connectivity index (χ0v) is 45.2. The van der Waals surface area contributed by atoms with E-state index in [9.17, 15) is 0 Å². The van der Waals surface area contributed by atoms with Crippen molar-refractivity contribution >= 4 is 118 Å². The van der Waals surface area contributed by atoms with Gasteiger partial charge in [0.25, 0.3) is 0 Å². The number of benzene rings is 16. The van der Waals surface area contributed by atoms with Crippen LogP contribution >= 0.6 is 0 Å². The molecule has 0 heterocycles. The highest BCUT2D eigenvalue weighted by molar-refractivity contribution is 6.48. The minimum absolute atomic E-state index is 1.22. The molecule has 0 bridgehead atoms. The van der Waals surface area contributed by atoms with Crippen LogP contribution in [-0.4, -0.2) is 0 Å². The number of fused-ring (bicyclic) bond motifs is 13. The molecule has 0 atom stereocenters. The van der Waals surface area contributed by atoms with Gasteiger partial charge in [-0.15, -0.1) is 0 Å². The van der Waals surface area contributed by atoms with E-state index in [0.717, 1.165) is 0 Å². The van der Waals surface area contributed by atoms with Gasteiger partial charge in [-0.2, -0.15) is 0 Å². The molecule has 0 aliphatic heterocycles. The van der Waals surface area contributed by atoms with Crippen LogP contribution in [0.15, 0.2) is 255 Å². The smallest absolute Gasteiger partial charge is 0.000718 e. The van der Waals surface area contributed by atoms with Crippen molar-refractivity contribution in [3.05, 3.63) is 266 Å². The highest BCUT2D eigenvalue weighted by Gasteiger charge is 2.34. The van der Waals surface area contributed by atoms with Crippen LogP contribution < -0.4 is 0 Å². The number of aryl methyl sites for hydroxylation is 2. The Morgan fingerprint density at radius 2 is 0.561 bits per heavy atom. The third-order valence-corrected chi connectivity index (χ3v) is 19.3. The van der Waals surface area contributed by atoms with E-state index < -0.39 is 0 Å².